The van der Waals surface area contributed by atoms with Crippen molar-refractivity contribution in [3.05, 3.63) is 30.3 Å². The number of ether oxygens (including phenoxy) is 3. The Morgan fingerprint density at radius 2 is 1.46 bits per heavy atom. The topological polar surface area (TPSA) is 44.8 Å². The van der Waals surface area contributed by atoms with Gasteiger partial charge < -0.3 is 14.2 Å². The second-order valence-electron chi connectivity index (χ2n) is 6.92. The summed E-state index contributed by atoms with van der Waals surface area (Å²) in [5.74, 6) is 0.504. The summed E-state index contributed by atoms with van der Waals surface area (Å²) < 4.78 is 17.1. The van der Waals surface area contributed by atoms with E-state index in [0.29, 0.717) is 18.6 Å². The molecule has 1 aromatic carbocycles. The van der Waals surface area contributed by atoms with E-state index in [1.54, 1.807) is 0 Å². The van der Waals surface area contributed by atoms with E-state index in [1.165, 1.54) is 32.1 Å². The molecule has 0 bridgehead atoms. The third kappa shape index (κ3) is 5.32. The number of carbonyl (C=O) groups is 1. The van der Waals surface area contributed by atoms with E-state index in [9.17, 15) is 4.79 Å². The van der Waals surface area contributed by atoms with E-state index in [-0.39, 0.29) is 18.0 Å². The molecule has 4 heteroatoms. The first kappa shape index (κ1) is 17.4. The first-order chi connectivity index (χ1) is 11.8. The fraction of sp³-hybridized carbons (Fsp3) is 0.650. The van der Waals surface area contributed by atoms with Gasteiger partial charge in [0.05, 0.1) is 18.1 Å². The van der Waals surface area contributed by atoms with Crippen LogP contribution < -0.4 is 4.74 Å². The second-order valence-corrected chi connectivity index (χ2v) is 6.92. The molecule has 132 valence electrons. The number of carbonyl (C=O) groups excluding carboxylic acids is 1. The van der Waals surface area contributed by atoms with E-state index in [1.807, 2.05) is 30.3 Å². The van der Waals surface area contributed by atoms with Crippen molar-refractivity contribution in [2.45, 2.75) is 70.0 Å². The van der Waals surface area contributed by atoms with Crippen LogP contribution in [-0.4, -0.2) is 25.0 Å². The number of rotatable bonds is 6. The lowest BCUT2D eigenvalue weighted by Crippen LogP contribution is -2.30. The molecule has 24 heavy (non-hydrogen) atoms. The van der Waals surface area contributed by atoms with Crippen LogP contribution in [0.1, 0.15) is 57.8 Å². The fourth-order valence-electron chi connectivity index (χ4n) is 3.62. The maximum absolute atomic E-state index is 12.2. The summed E-state index contributed by atoms with van der Waals surface area (Å²) in [6.45, 7) is 0.397. The Morgan fingerprint density at radius 1 is 0.833 bits per heavy atom. The van der Waals surface area contributed by atoms with Gasteiger partial charge in [-0.1, -0.05) is 37.5 Å². The van der Waals surface area contributed by atoms with Crippen LogP contribution in [0.15, 0.2) is 30.3 Å². The van der Waals surface area contributed by atoms with E-state index in [0.717, 1.165) is 25.7 Å². The van der Waals surface area contributed by atoms with Crippen LogP contribution in [0.25, 0.3) is 0 Å². The third-order valence-corrected chi connectivity index (χ3v) is 5.13. The Labute approximate surface area is 144 Å². The van der Waals surface area contributed by atoms with Gasteiger partial charge in [-0.15, -0.1) is 0 Å². The van der Waals surface area contributed by atoms with E-state index in [4.69, 9.17) is 14.2 Å². The Hall–Kier alpha value is -1.39. The molecule has 0 amide bonds. The molecule has 0 aliphatic heterocycles. The molecule has 0 spiro atoms. The average molecular weight is 332 g/mol. The standard InChI is InChI=1S/C20H28O4/c21-20(24-19-9-5-2-6-10-19)16-11-13-18(14-12-16)23-15-22-17-7-3-1-4-8-17/h2,5-6,9-10,16-18H,1,3-4,7-8,11-15H2. The van der Waals surface area contributed by atoms with Crippen LogP contribution in [0.5, 0.6) is 5.75 Å². The fourth-order valence-corrected chi connectivity index (χ4v) is 3.62. The molecule has 0 aromatic heterocycles. The minimum atomic E-state index is -0.113. The van der Waals surface area contributed by atoms with Crippen molar-refractivity contribution in [2.24, 2.45) is 5.92 Å². The van der Waals surface area contributed by atoms with Gasteiger partial charge in [-0.3, -0.25) is 4.79 Å². The molecule has 2 fully saturated rings. The van der Waals surface area contributed by atoms with Gasteiger partial charge in [-0.2, -0.15) is 0 Å². The van der Waals surface area contributed by atoms with Gasteiger partial charge in [0.15, 0.2) is 0 Å². The monoisotopic (exact) mass is 332 g/mol. The molecule has 4 nitrogen and oxygen atoms in total. The van der Waals surface area contributed by atoms with Crippen molar-refractivity contribution in [3.8, 4) is 5.75 Å². The van der Waals surface area contributed by atoms with Gasteiger partial charge in [0.25, 0.3) is 0 Å². The van der Waals surface area contributed by atoms with Gasteiger partial charge in [-0.05, 0) is 50.7 Å². The molecule has 1 aromatic rings. The van der Waals surface area contributed by atoms with Crippen LogP contribution in [0.2, 0.25) is 0 Å². The number of benzene rings is 1. The maximum Gasteiger partial charge on any atom is 0.314 e. The van der Waals surface area contributed by atoms with Crippen LogP contribution in [0.4, 0.5) is 0 Å². The number of para-hydroxylation sites is 1. The zero-order valence-electron chi connectivity index (χ0n) is 14.3. The van der Waals surface area contributed by atoms with Crippen molar-refractivity contribution in [1.29, 1.82) is 0 Å². The molecule has 2 aliphatic rings. The summed E-state index contributed by atoms with van der Waals surface area (Å²) in [6.07, 6.45) is 10.3. The third-order valence-electron chi connectivity index (χ3n) is 5.13. The van der Waals surface area contributed by atoms with Gasteiger partial charge in [0.1, 0.15) is 12.5 Å². The lowest BCUT2D eigenvalue weighted by atomic mass is 9.87. The average Bonchev–Trinajstić information content (AvgIpc) is 2.64. The SMILES string of the molecule is O=C(Oc1ccccc1)C1CCC(OCOC2CCCCC2)CC1. The number of esters is 1. The van der Waals surface area contributed by atoms with Gasteiger partial charge in [0.2, 0.25) is 0 Å². The first-order valence-electron chi connectivity index (χ1n) is 9.31. The highest BCUT2D eigenvalue weighted by molar-refractivity contribution is 5.75. The summed E-state index contributed by atoms with van der Waals surface area (Å²) in [7, 11) is 0. The predicted octanol–water partition coefficient (Wildman–Crippen LogP) is 4.47. The predicted molar refractivity (Wildman–Crippen MR) is 91.7 cm³/mol. The lowest BCUT2D eigenvalue weighted by Gasteiger charge is -2.28. The molecular formula is C20H28O4. The quantitative estimate of drug-likeness (QED) is 0.438. The largest absolute Gasteiger partial charge is 0.426 e. The van der Waals surface area contributed by atoms with E-state index in [2.05, 4.69) is 0 Å². The normalized spacial score (nSPS) is 25.3. The summed E-state index contributed by atoms with van der Waals surface area (Å²) in [5.41, 5.74) is 0. The first-order valence-corrected chi connectivity index (χ1v) is 9.31. The molecule has 0 atom stereocenters. The molecule has 0 saturated heterocycles. The van der Waals surface area contributed by atoms with Crippen LogP contribution >= 0.6 is 0 Å². The molecule has 3 rings (SSSR count). The van der Waals surface area contributed by atoms with Crippen molar-refractivity contribution < 1.29 is 19.0 Å². The molecule has 0 heterocycles. The molecule has 0 unspecified atom stereocenters. The number of hydrogen-bond donors (Lipinski definition) is 0. The summed E-state index contributed by atoms with van der Waals surface area (Å²) in [4.78, 5) is 12.2. The van der Waals surface area contributed by atoms with Gasteiger partial charge >= 0.3 is 5.97 Å². The summed E-state index contributed by atoms with van der Waals surface area (Å²) in [5, 5.41) is 0. The van der Waals surface area contributed by atoms with Crippen LogP contribution in [0.3, 0.4) is 0 Å². The Kier molecular flexibility index (Phi) is 6.67. The van der Waals surface area contributed by atoms with E-state index < -0.39 is 0 Å². The van der Waals surface area contributed by atoms with Crippen molar-refractivity contribution in [1.82, 2.24) is 0 Å². The Bertz CT molecular complexity index is 488. The van der Waals surface area contributed by atoms with Crippen LogP contribution in [0, 0.1) is 5.92 Å². The molecule has 2 aliphatic carbocycles. The Balaban J connectivity index is 1.32. The van der Waals surface area contributed by atoms with Crippen molar-refractivity contribution in [3.63, 3.8) is 0 Å². The maximum atomic E-state index is 12.2. The zero-order valence-corrected chi connectivity index (χ0v) is 14.3. The lowest BCUT2D eigenvalue weighted by molar-refractivity contribution is -0.146. The highest BCUT2D eigenvalue weighted by atomic mass is 16.7. The minimum absolute atomic E-state index is 0.00989. The smallest absolute Gasteiger partial charge is 0.314 e. The second kappa shape index (κ2) is 9.19. The zero-order chi connectivity index (χ0) is 16.6. The van der Waals surface area contributed by atoms with Crippen molar-refractivity contribution >= 4 is 5.97 Å². The molecule has 0 N–H and O–H groups in total. The molecular weight excluding hydrogens is 304 g/mol. The molecule has 2 saturated carbocycles. The molecule has 0 radical (unpaired) electrons. The highest BCUT2D eigenvalue weighted by Crippen LogP contribution is 2.28. The number of hydrogen-bond acceptors (Lipinski definition) is 4. The van der Waals surface area contributed by atoms with Gasteiger partial charge in [-0.25, -0.2) is 0 Å². The van der Waals surface area contributed by atoms with Crippen LogP contribution in [-0.2, 0) is 14.3 Å². The van der Waals surface area contributed by atoms with Crippen molar-refractivity contribution in [2.75, 3.05) is 6.79 Å². The summed E-state index contributed by atoms with van der Waals surface area (Å²) in [6, 6.07) is 9.29. The van der Waals surface area contributed by atoms with Gasteiger partial charge in [0, 0.05) is 0 Å². The van der Waals surface area contributed by atoms with E-state index >= 15 is 0 Å². The summed E-state index contributed by atoms with van der Waals surface area (Å²) >= 11 is 0. The Morgan fingerprint density at radius 3 is 2.12 bits per heavy atom. The highest BCUT2D eigenvalue weighted by Gasteiger charge is 2.28. The minimum Gasteiger partial charge on any atom is -0.426 e.